The minimum Gasteiger partial charge on any atom is -0.461 e. The van der Waals surface area contributed by atoms with Crippen molar-refractivity contribution < 1.29 is 33.3 Å². The summed E-state index contributed by atoms with van der Waals surface area (Å²) in [5.74, 6) is -0.334. The standard InChI is InChI=1S/C14H25ClO7/c1-10(8-15)22-13(17)19-6-7-21-14(3,4)12(16)20-9-11(2)18-5/h10-11H,6-9H2,1-5H3. The Morgan fingerprint density at radius 2 is 1.73 bits per heavy atom. The molecule has 0 rings (SSSR count). The molecular formula is C14H25ClO7. The normalized spacial score (nSPS) is 14.1. The van der Waals surface area contributed by atoms with E-state index < -0.39 is 23.8 Å². The zero-order chi connectivity index (χ0) is 17.2. The van der Waals surface area contributed by atoms with Crippen molar-refractivity contribution in [3.63, 3.8) is 0 Å². The lowest BCUT2D eigenvalue weighted by molar-refractivity contribution is -0.172. The van der Waals surface area contributed by atoms with Gasteiger partial charge in [0.05, 0.1) is 18.6 Å². The van der Waals surface area contributed by atoms with Crippen molar-refractivity contribution in [2.45, 2.75) is 45.5 Å². The quantitative estimate of drug-likeness (QED) is 0.342. The lowest BCUT2D eigenvalue weighted by Crippen LogP contribution is -2.39. The van der Waals surface area contributed by atoms with Crippen LogP contribution in [0.2, 0.25) is 0 Å². The number of carbonyl (C=O) groups is 2. The summed E-state index contributed by atoms with van der Waals surface area (Å²) in [5.41, 5.74) is -1.15. The number of methoxy groups -OCH3 is 1. The summed E-state index contributed by atoms with van der Waals surface area (Å²) in [4.78, 5) is 23.1. The molecule has 0 aromatic rings. The van der Waals surface area contributed by atoms with E-state index in [2.05, 4.69) is 0 Å². The van der Waals surface area contributed by atoms with Crippen LogP contribution in [0.5, 0.6) is 0 Å². The Labute approximate surface area is 136 Å². The van der Waals surface area contributed by atoms with Gasteiger partial charge in [-0.05, 0) is 27.7 Å². The first-order valence-corrected chi connectivity index (χ1v) is 7.49. The molecule has 0 saturated carbocycles. The third kappa shape index (κ3) is 9.07. The van der Waals surface area contributed by atoms with Crippen LogP contribution in [0.15, 0.2) is 0 Å². The summed E-state index contributed by atoms with van der Waals surface area (Å²) in [6, 6.07) is 0. The van der Waals surface area contributed by atoms with E-state index in [0.29, 0.717) is 0 Å². The molecule has 0 N–H and O–H groups in total. The number of esters is 1. The monoisotopic (exact) mass is 340 g/mol. The number of hydrogen-bond acceptors (Lipinski definition) is 7. The topological polar surface area (TPSA) is 80.3 Å². The fourth-order valence-corrected chi connectivity index (χ4v) is 1.21. The largest absolute Gasteiger partial charge is 0.508 e. The van der Waals surface area contributed by atoms with Gasteiger partial charge in [-0.1, -0.05) is 0 Å². The highest BCUT2D eigenvalue weighted by atomic mass is 35.5. The predicted molar refractivity (Wildman–Crippen MR) is 80.1 cm³/mol. The smallest absolute Gasteiger partial charge is 0.461 e. The molecule has 130 valence electrons. The highest BCUT2D eigenvalue weighted by Crippen LogP contribution is 2.12. The first kappa shape index (κ1) is 20.9. The molecule has 0 amide bonds. The van der Waals surface area contributed by atoms with Gasteiger partial charge < -0.3 is 23.7 Å². The average Bonchev–Trinajstić information content (AvgIpc) is 2.48. The number of rotatable bonds is 10. The van der Waals surface area contributed by atoms with Gasteiger partial charge in [0.1, 0.15) is 19.3 Å². The first-order valence-electron chi connectivity index (χ1n) is 6.96. The molecular weight excluding hydrogens is 316 g/mol. The Balaban J connectivity index is 3.96. The maximum atomic E-state index is 11.8. The van der Waals surface area contributed by atoms with Crippen LogP contribution < -0.4 is 0 Å². The first-order chi connectivity index (χ1) is 10.2. The van der Waals surface area contributed by atoms with Crippen LogP contribution in [-0.4, -0.2) is 62.7 Å². The average molecular weight is 341 g/mol. The van der Waals surface area contributed by atoms with Crippen molar-refractivity contribution in [1.29, 1.82) is 0 Å². The molecule has 0 fully saturated rings. The van der Waals surface area contributed by atoms with E-state index in [1.165, 1.54) is 7.11 Å². The van der Waals surface area contributed by atoms with E-state index in [9.17, 15) is 9.59 Å². The van der Waals surface area contributed by atoms with Crippen molar-refractivity contribution in [2.75, 3.05) is 32.8 Å². The summed E-state index contributed by atoms with van der Waals surface area (Å²) in [5, 5.41) is 0. The zero-order valence-electron chi connectivity index (χ0n) is 13.7. The zero-order valence-corrected chi connectivity index (χ0v) is 14.5. The van der Waals surface area contributed by atoms with Gasteiger partial charge in [-0.15, -0.1) is 11.6 Å². The van der Waals surface area contributed by atoms with E-state index in [-0.39, 0.29) is 31.8 Å². The van der Waals surface area contributed by atoms with Crippen molar-refractivity contribution in [2.24, 2.45) is 0 Å². The van der Waals surface area contributed by atoms with E-state index in [1.807, 2.05) is 0 Å². The van der Waals surface area contributed by atoms with Crippen molar-refractivity contribution >= 4 is 23.7 Å². The van der Waals surface area contributed by atoms with E-state index in [1.54, 1.807) is 27.7 Å². The summed E-state index contributed by atoms with van der Waals surface area (Å²) in [6.07, 6.45) is -1.45. The summed E-state index contributed by atoms with van der Waals surface area (Å²) in [6.45, 7) is 6.70. The van der Waals surface area contributed by atoms with E-state index >= 15 is 0 Å². The van der Waals surface area contributed by atoms with Crippen molar-refractivity contribution in [3.05, 3.63) is 0 Å². The van der Waals surface area contributed by atoms with Crippen LogP contribution in [0.1, 0.15) is 27.7 Å². The van der Waals surface area contributed by atoms with E-state index in [4.69, 9.17) is 35.3 Å². The predicted octanol–water partition coefficient (Wildman–Crippen LogP) is 2.14. The number of carbonyl (C=O) groups excluding carboxylic acids is 2. The highest BCUT2D eigenvalue weighted by molar-refractivity contribution is 6.18. The molecule has 0 bridgehead atoms. The van der Waals surface area contributed by atoms with Crippen molar-refractivity contribution in [3.8, 4) is 0 Å². The lowest BCUT2D eigenvalue weighted by atomic mass is 10.1. The molecule has 8 heteroatoms. The highest BCUT2D eigenvalue weighted by Gasteiger charge is 2.30. The van der Waals surface area contributed by atoms with Crippen LogP contribution in [0, 0.1) is 0 Å². The Morgan fingerprint density at radius 3 is 2.27 bits per heavy atom. The fourth-order valence-electron chi connectivity index (χ4n) is 1.15. The number of halogens is 1. The van der Waals surface area contributed by atoms with Gasteiger partial charge in [-0.3, -0.25) is 0 Å². The molecule has 0 aromatic heterocycles. The molecule has 22 heavy (non-hydrogen) atoms. The second kappa shape index (κ2) is 10.6. The third-order valence-electron chi connectivity index (χ3n) is 2.62. The van der Waals surface area contributed by atoms with Gasteiger partial charge in [0.15, 0.2) is 5.60 Å². The van der Waals surface area contributed by atoms with Crippen LogP contribution in [0.25, 0.3) is 0 Å². The summed E-state index contributed by atoms with van der Waals surface area (Å²) in [7, 11) is 1.53. The Kier molecular flexibility index (Phi) is 10.1. The van der Waals surface area contributed by atoms with Crippen LogP contribution >= 0.6 is 11.6 Å². The van der Waals surface area contributed by atoms with Gasteiger partial charge in [0.2, 0.25) is 0 Å². The molecule has 0 heterocycles. The molecule has 0 radical (unpaired) electrons. The van der Waals surface area contributed by atoms with Gasteiger partial charge in [-0.2, -0.15) is 0 Å². The van der Waals surface area contributed by atoms with Crippen LogP contribution in [-0.2, 0) is 28.5 Å². The molecule has 2 unspecified atom stereocenters. The molecule has 0 aliphatic heterocycles. The maximum Gasteiger partial charge on any atom is 0.508 e. The van der Waals surface area contributed by atoms with Gasteiger partial charge in [0.25, 0.3) is 0 Å². The Morgan fingerprint density at radius 1 is 1.09 bits per heavy atom. The second-order valence-corrected chi connectivity index (χ2v) is 5.49. The van der Waals surface area contributed by atoms with Crippen LogP contribution in [0.4, 0.5) is 4.79 Å². The molecule has 7 nitrogen and oxygen atoms in total. The molecule has 0 spiro atoms. The molecule has 0 aromatic carbocycles. The number of hydrogen-bond donors (Lipinski definition) is 0. The molecule has 0 aliphatic carbocycles. The Hall–Kier alpha value is -1.05. The molecule has 0 aliphatic rings. The van der Waals surface area contributed by atoms with Gasteiger partial charge in [0, 0.05) is 7.11 Å². The van der Waals surface area contributed by atoms with Crippen molar-refractivity contribution in [1.82, 2.24) is 0 Å². The van der Waals surface area contributed by atoms with E-state index in [0.717, 1.165) is 0 Å². The van der Waals surface area contributed by atoms with Crippen LogP contribution in [0.3, 0.4) is 0 Å². The summed E-state index contributed by atoms with van der Waals surface area (Å²) < 4.78 is 25.0. The lowest BCUT2D eigenvalue weighted by Gasteiger charge is -2.24. The SMILES string of the molecule is COC(C)COC(=O)C(C)(C)OCCOC(=O)OC(C)CCl. The minimum absolute atomic E-state index is 0.0340. The number of ether oxygens (including phenoxy) is 5. The van der Waals surface area contributed by atoms with Gasteiger partial charge in [-0.25, -0.2) is 9.59 Å². The summed E-state index contributed by atoms with van der Waals surface area (Å²) >= 11 is 5.50. The maximum absolute atomic E-state index is 11.8. The van der Waals surface area contributed by atoms with Gasteiger partial charge >= 0.3 is 12.1 Å². The second-order valence-electron chi connectivity index (χ2n) is 5.18. The third-order valence-corrected chi connectivity index (χ3v) is 3.06. The number of alkyl halides is 1. The molecule has 2 atom stereocenters. The molecule has 0 saturated heterocycles. The fraction of sp³-hybridized carbons (Fsp3) is 0.857. The minimum atomic E-state index is -1.15. The Bertz CT molecular complexity index is 346.